The van der Waals surface area contributed by atoms with E-state index in [2.05, 4.69) is 0 Å². The Morgan fingerprint density at radius 3 is 2.64 bits per heavy atom. The van der Waals surface area contributed by atoms with Gasteiger partial charge in [0.1, 0.15) is 18.6 Å². The number of carbonyl (C=O) groups excluding carboxylic acids is 1. The second-order valence-corrected chi connectivity index (χ2v) is 9.11. The third kappa shape index (κ3) is 6.40. The molecule has 0 aromatic heterocycles. The molecule has 1 aromatic carbocycles. The maximum atomic E-state index is 14.2. The van der Waals surface area contributed by atoms with E-state index < -0.39 is 40.6 Å². The number of carbonyl (C=O) groups is 2. The second kappa shape index (κ2) is 9.52. The highest BCUT2D eigenvalue weighted by molar-refractivity contribution is 6.67. The van der Waals surface area contributed by atoms with Crippen molar-refractivity contribution in [2.45, 2.75) is 29.0 Å². The van der Waals surface area contributed by atoms with Crippen LogP contribution in [0, 0.1) is 5.82 Å². The lowest BCUT2D eigenvalue weighted by atomic mass is 10.1. The lowest BCUT2D eigenvalue weighted by Gasteiger charge is -2.29. The minimum absolute atomic E-state index is 0.0648. The molecule has 0 radical (unpaired) electrons. The van der Waals surface area contributed by atoms with Crippen molar-refractivity contribution >= 4 is 58.6 Å². The average Bonchev–Trinajstić information content (AvgIpc) is 2.96. The standard InChI is InChI=1S/C16H16Cl4F2N2O4/c17-12-3-1-2-9(13(12)22)5-23(15(27)28-8-16(18,19)20)7-11-4-10(21)6-24(11)14(25)26/h1-3,10-11H,4-8H2,(H,25,26)/t10-,11+/m1/s1. The fraction of sp³-hybridized carbons (Fsp3) is 0.500. The van der Waals surface area contributed by atoms with Crippen LogP contribution in [0.15, 0.2) is 18.2 Å². The molecule has 1 aliphatic rings. The van der Waals surface area contributed by atoms with Crippen molar-refractivity contribution in [3.05, 3.63) is 34.6 Å². The molecule has 1 fully saturated rings. The Morgan fingerprint density at radius 1 is 1.36 bits per heavy atom. The maximum Gasteiger partial charge on any atom is 0.410 e. The number of amides is 2. The molecule has 156 valence electrons. The van der Waals surface area contributed by atoms with Gasteiger partial charge in [-0.3, -0.25) is 0 Å². The van der Waals surface area contributed by atoms with Gasteiger partial charge >= 0.3 is 12.2 Å². The molecule has 0 unspecified atom stereocenters. The summed E-state index contributed by atoms with van der Waals surface area (Å²) < 4.78 is 31.0. The maximum absolute atomic E-state index is 14.2. The van der Waals surface area contributed by atoms with Crippen LogP contribution in [0.4, 0.5) is 18.4 Å². The summed E-state index contributed by atoms with van der Waals surface area (Å²) in [6, 6.07) is 3.39. The van der Waals surface area contributed by atoms with E-state index in [9.17, 15) is 23.5 Å². The Bertz CT molecular complexity index is 735. The van der Waals surface area contributed by atoms with Gasteiger partial charge in [-0.2, -0.15) is 0 Å². The molecule has 1 N–H and O–H groups in total. The zero-order chi connectivity index (χ0) is 21.1. The van der Waals surface area contributed by atoms with Crippen molar-refractivity contribution in [2.24, 2.45) is 0 Å². The van der Waals surface area contributed by atoms with E-state index in [1.165, 1.54) is 18.2 Å². The van der Waals surface area contributed by atoms with E-state index in [1.807, 2.05) is 0 Å². The van der Waals surface area contributed by atoms with E-state index in [0.717, 1.165) is 9.80 Å². The van der Waals surface area contributed by atoms with Crippen LogP contribution in [0.5, 0.6) is 0 Å². The number of hydrogen-bond donors (Lipinski definition) is 1. The Hall–Kier alpha value is -1.22. The van der Waals surface area contributed by atoms with E-state index in [1.54, 1.807) is 0 Å². The molecule has 1 aromatic rings. The van der Waals surface area contributed by atoms with Crippen LogP contribution in [0.25, 0.3) is 0 Å². The minimum atomic E-state index is -1.87. The van der Waals surface area contributed by atoms with Gasteiger partial charge in [-0.05, 0) is 6.07 Å². The molecule has 1 saturated heterocycles. The van der Waals surface area contributed by atoms with Gasteiger partial charge in [0.25, 0.3) is 0 Å². The fourth-order valence-corrected chi connectivity index (χ4v) is 3.19. The first-order chi connectivity index (χ1) is 13.0. The summed E-state index contributed by atoms with van der Waals surface area (Å²) in [4.78, 5) is 25.7. The van der Waals surface area contributed by atoms with E-state index in [-0.39, 0.29) is 36.6 Å². The topological polar surface area (TPSA) is 70.1 Å². The van der Waals surface area contributed by atoms with E-state index >= 15 is 0 Å². The first-order valence-electron chi connectivity index (χ1n) is 8.03. The molecule has 0 spiro atoms. The van der Waals surface area contributed by atoms with E-state index in [0.29, 0.717) is 0 Å². The van der Waals surface area contributed by atoms with Crippen LogP contribution in [-0.4, -0.2) is 62.8 Å². The van der Waals surface area contributed by atoms with Crippen molar-refractivity contribution in [3.8, 4) is 0 Å². The molecule has 2 atom stereocenters. The number of hydrogen-bond acceptors (Lipinski definition) is 3. The number of carboxylic acid groups (broad SMARTS) is 1. The number of rotatable bonds is 5. The predicted molar refractivity (Wildman–Crippen MR) is 101 cm³/mol. The molecule has 28 heavy (non-hydrogen) atoms. The molecule has 2 rings (SSSR count). The molecule has 12 heteroatoms. The molecule has 1 heterocycles. The molecule has 6 nitrogen and oxygen atoms in total. The first kappa shape index (κ1) is 23.1. The van der Waals surface area contributed by atoms with Crippen molar-refractivity contribution in [3.63, 3.8) is 0 Å². The number of ether oxygens (including phenoxy) is 1. The van der Waals surface area contributed by atoms with Crippen LogP contribution < -0.4 is 0 Å². The van der Waals surface area contributed by atoms with Gasteiger partial charge in [0.05, 0.1) is 24.2 Å². The third-order valence-electron chi connectivity index (χ3n) is 4.05. The van der Waals surface area contributed by atoms with Crippen LogP contribution in [0.2, 0.25) is 5.02 Å². The molecular formula is C16H16Cl4F2N2O4. The summed E-state index contributed by atoms with van der Waals surface area (Å²) >= 11 is 22.4. The third-order valence-corrected chi connectivity index (χ3v) is 4.67. The van der Waals surface area contributed by atoms with Gasteiger partial charge in [-0.1, -0.05) is 58.5 Å². The summed E-state index contributed by atoms with van der Waals surface area (Å²) in [7, 11) is 0. The van der Waals surface area contributed by atoms with Crippen LogP contribution in [-0.2, 0) is 11.3 Å². The van der Waals surface area contributed by atoms with Gasteiger partial charge < -0.3 is 19.6 Å². The van der Waals surface area contributed by atoms with Crippen LogP contribution in [0.1, 0.15) is 12.0 Å². The minimum Gasteiger partial charge on any atom is -0.465 e. The molecule has 2 amide bonds. The monoisotopic (exact) mass is 478 g/mol. The van der Waals surface area contributed by atoms with Gasteiger partial charge in [-0.25, -0.2) is 18.4 Å². The van der Waals surface area contributed by atoms with Crippen LogP contribution in [0.3, 0.4) is 0 Å². The summed E-state index contributed by atoms with van der Waals surface area (Å²) in [6.45, 7) is -1.43. The fourth-order valence-electron chi connectivity index (χ4n) is 2.84. The summed E-state index contributed by atoms with van der Waals surface area (Å²) in [5, 5.41) is 9.08. The highest BCUT2D eigenvalue weighted by atomic mass is 35.6. The van der Waals surface area contributed by atoms with Crippen molar-refractivity contribution in [1.82, 2.24) is 9.80 Å². The quantitative estimate of drug-likeness (QED) is 0.611. The lowest BCUT2D eigenvalue weighted by molar-refractivity contribution is 0.0852. The largest absolute Gasteiger partial charge is 0.465 e. The number of halogens is 6. The highest BCUT2D eigenvalue weighted by Crippen LogP contribution is 2.27. The smallest absolute Gasteiger partial charge is 0.410 e. The molecular weight excluding hydrogens is 464 g/mol. The number of nitrogens with zero attached hydrogens (tertiary/aromatic N) is 2. The molecule has 1 aliphatic heterocycles. The average molecular weight is 480 g/mol. The molecule has 0 bridgehead atoms. The van der Waals surface area contributed by atoms with Gasteiger partial charge in [0.15, 0.2) is 0 Å². The highest BCUT2D eigenvalue weighted by Gasteiger charge is 2.38. The Labute approximate surface area is 179 Å². The summed E-state index contributed by atoms with van der Waals surface area (Å²) in [6.07, 6.45) is -3.78. The van der Waals surface area contributed by atoms with Gasteiger partial charge in [0.2, 0.25) is 3.79 Å². The van der Waals surface area contributed by atoms with Gasteiger partial charge in [-0.15, -0.1) is 0 Å². The van der Waals surface area contributed by atoms with E-state index in [4.69, 9.17) is 51.1 Å². The van der Waals surface area contributed by atoms with Crippen molar-refractivity contribution in [2.75, 3.05) is 19.7 Å². The summed E-state index contributed by atoms with van der Waals surface area (Å²) in [5.74, 6) is -0.742. The number of alkyl halides is 4. The predicted octanol–water partition coefficient (Wildman–Crippen LogP) is 4.88. The Balaban J connectivity index is 2.21. The Morgan fingerprint density at radius 2 is 2.04 bits per heavy atom. The first-order valence-corrected chi connectivity index (χ1v) is 9.54. The normalized spacial score (nSPS) is 19.6. The second-order valence-electron chi connectivity index (χ2n) is 6.18. The molecule has 0 saturated carbocycles. The van der Waals surface area contributed by atoms with Crippen molar-refractivity contribution in [1.29, 1.82) is 0 Å². The summed E-state index contributed by atoms with van der Waals surface area (Å²) in [5.41, 5.74) is 0.0648. The zero-order valence-electron chi connectivity index (χ0n) is 14.3. The lowest BCUT2D eigenvalue weighted by Crippen LogP contribution is -2.45. The van der Waals surface area contributed by atoms with Gasteiger partial charge in [0, 0.05) is 18.5 Å². The number of benzene rings is 1. The number of likely N-dealkylation sites (tertiary alicyclic amines) is 1. The van der Waals surface area contributed by atoms with Crippen LogP contribution >= 0.6 is 46.4 Å². The SMILES string of the molecule is O=C(OCC(Cl)(Cl)Cl)N(Cc1cccc(Cl)c1F)C[C@@H]1C[C@@H](F)CN1C(=O)O. The zero-order valence-corrected chi connectivity index (χ0v) is 17.3. The van der Waals surface area contributed by atoms with Crippen molar-refractivity contribution < 1.29 is 28.2 Å². The molecule has 0 aliphatic carbocycles. The Kier molecular flexibility index (Phi) is 7.84.